The van der Waals surface area contributed by atoms with Gasteiger partial charge in [-0.2, -0.15) is 0 Å². The average Bonchev–Trinajstić information content (AvgIpc) is 2.18. The van der Waals surface area contributed by atoms with Gasteiger partial charge in [-0.15, -0.1) is 0 Å². The third-order valence-electron chi connectivity index (χ3n) is 3.20. The van der Waals surface area contributed by atoms with Crippen molar-refractivity contribution < 1.29 is 14.6 Å². The minimum atomic E-state index is -0.723. The van der Waals surface area contributed by atoms with E-state index in [0.29, 0.717) is 12.5 Å². The molecule has 0 aromatic carbocycles. The highest BCUT2D eigenvalue weighted by Crippen LogP contribution is 2.20. The molecule has 1 heterocycles. The van der Waals surface area contributed by atoms with Gasteiger partial charge in [-0.25, -0.2) is 0 Å². The molecular weight excluding hydrogens is 194 g/mol. The van der Waals surface area contributed by atoms with E-state index >= 15 is 0 Å². The molecule has 0 amide bonds. The predicted molar refractivity (Wildman–Crippen MR) is 57.9 cm³/mol. The van der Waals surface area contributed by atoms with Gasteiger partial charge in [0, 0.05) is 12.6 Å². The third kappa shape index (κ3) is 3.18. The number of hydrogen-bond acceptors (Lipinski definition) is 3. The first kappa shape index (κ1) is 12.5. The fraction of sp³-hybridized carbons (Fsp3) is 0.909. The summed E-state index contributed by atoms with van der Waals surface area (Å²) >= 11 is 0. The first-order valence-corrected chi connectivity index (χ1v) is 5.62. The summed E-state index contributed by atoms with van der Waals surface area (Å²) in [5.41, 5.74) is 0. The van der Waals surface area contributed by atoms with E-state index in [4.69, 9.17) is 9.84 Å². The van der Waals surface area contributed by atoms with E-state index in [1.807, 2.05) is 25.8 Å². The smallest absolute Gasteiger partial charge is 0.320 e. The minimum Gasteiger partial charge on any atom is -0.480 e. The number of hydrogen-bond donors (Lipinski definition) is 1. The highest BCUT2D eigenvalue weighted by atomic mass is 16.5. The maximum atomic E-state index is 11.0. The molecule has 0 saturated carbocycles. The maximum Gasteiger partial charge on any atom is 0.320 e. The lowest BCUT2D eigenvalue weighted by atomic mass is 10.0. The Morgan fingerprint density at radius 1 is 1.67 bits per heavy atom. The van der Waals surface area contributed by atoms with Crippen LogP contribution in [0.25, 0.3) is 0 Å². The van der Waals surface area contributed by atoms with Crippen molar-refractivity contribution in [2.24, 2.45) is 0 Å². The fourth-order valence-corrected chi connectivity index (χ4v) is 2.24. The summed E-state index contributed by atoms with van der Waals surface area (Å²) in [6.45, 7) is 4.70. The van der Waals surface area contributed by atoms with Crippen molar-refractivity contribution in [1.29, 1.82) is 0 Å². The lowest BCUT2D eigenvalue weighted by Crippen LogP contribution is -2.47. The topological polar surface area (TPSA) is 49.8 Å². The number of ether oxygens (including phenoxy) is 1. The van der Waals surface area contributed by atoms with Crippen molar-refractivity contribution in [3.05, 3.63) is 0 Å². The van der Waals surface area contributed by atoms with Crippen LogP contribution in [0.2, 0.25) is 0 Å². The van der Waals surface area contributed by atoms with Gasteiger partial charge in [-0.3, -0.25) is 9.69 Å². The van der Waals surface area contributed by atoms with Crippen molar-refractivity contribution in [1.82, 2.24) is 4.90 Å². The second-order valence-corrected chi connectivity index (χ2v) is 4.29. The largest absolute Gasteiger partial charge is 0.480 e. The van der Waals surface area contributed by atoms with E-state index in [2.05, 4.69) is 0 Å². The van der Waals surface area contributed by atoms with E-state index in [-0.39, 0.29) is 12.1 Å². The van der Waals surface area contributed by atoms with Gasteiger partial charge in [0.25, 0.3) is 0 Å². The summed E-state index contributed by atoms with van der Waals surface area (Å²) in [6.07, 6.45) is 2.76. The van der Waals surface area contributed by atoms with Gasteiger partial charge in [0.1, 0.15) is 6.04 Å². The van der Waals surface area contributed by atoms with Crippen LogP contribution in [-0.4, -0.2) is 47.8 Å². The van der Waals surface area contributed by atoms with Gasteiger partial charge in [-0.05, 0) is 33.2 Å². The zero-order valence-corrected chi connectivity index (χ0v) is 9.77. The normalized spacial score (nSPS) is 29.1. The van der Waals surface area contributed by atoms with Crippen LogP contribution in [0.3, 0.4) is 0 Å². The minimum absolute atomic E-state index is 0.248. The van der Waals surface area contributed by atoms with E-state index in [9.17, 15) is 4.79 Å². The molecule has 1 aliphatic rings. The molecule has 1 aliphatic heterocycles. The highest BCUT2D eigenvalue weighted by molar-refractivity contribution is 5.73. The summed E-state index contributed by atoms with van der Waals surface area (Å²) in [5, 5.41) is 9.07. The summed E-state index contributed by atoms with van der Waals surface area (Å²) in [5.74, 6) is -0.723. The van der Waals surface area contributed by atoms with Crippen LogP contribution in [-0.2, 0) is 9.53 Å². The number of carboxylic acids is 1. The SMILES string of the molecule is CCC(C(=O)O)N(C)C1CCOC(C)C1. The Kier molecular flexibility index (Phi) is 4.54. The molecule has 0 aliphatic carbocycles. The molecule has 1 saturated heterocycles. The predicted octanol–water partition coefficient (Wildman–Crippen LogP) is 1.35. The lowest BCUT2D eigenvalue weighted by molar-refractivity contribution is -0.145. The molecule has 88 valence electrons. The van der Waals surface area contributed by atoms with Crippen molar-refractivity contribution in [2.45, 2.75) is 51.3 Å². The molecule has 0 spiro atoms. The van der Waals surface area contributed by atoms with Gasteiger partial charge in [0.15, 0.2) is 0 Å². The molecule has 0 bridgehead atoms. The van der Waals surface area contributed by atoms with Crippen LogP contribution in [0.15, 0.2) is 0 Å². The molecule has 1 fully saturated rings. The van der Waals surface area contributed by atoms with E-state index in [1.165, 1.54) is 0 Å². The second-order valence-electron chi connectivity index (χ2n) is 4.29. The molecule has 3 atom stereocenters. The third-order valence-corrected chi connectivity index (χ3v) is 3.20. The number of carbonyl (C=O) groups is 1. The zero-order chi connectivity index (χ0) is 11.4. The number of nitrogens with zero attached hydrogens (tertiary/aromatic N) is 1. The van der Waals surface area contributed by atoms with Gasteiger partial charge in [-0.1, -0.05) is 6.92 Å². The Balaban J connectivity index is 2.57. The Hall–Kier alpha value is -0.610. The molecule has 4 heteroatoms. The molecule has 1 rings (SSSR count). The Bertz CT molecular complexity index is 220. The number of rotatable bonds is 4. The van der Waals surface area contributed by atoms with Gasteiger partial charge in [0.2, 0.25) is 0 Å². The van der Waals surface area contributed by atoms with Crippen LogP contribution >= 0.6 is 0 Å². The molecule has 15 heavy (non-hydrogen) atoms. The van der Waals surface area contributed by atoms with Gasteiger partial charge < -0.3 is 9.84 Å². The summed E-state index contributed by atoms with van der Waals surface area (Å²) in [7, 11) is 1.91. The van der Waals surface area contributed by atoms with Crippen molar-refractivity contribution in [2.75, 3.05) is 13.7 Å². The van der Waals surface area contributed by atoms with Crippen LogP contribution in [0.1, 0.15) is 33.1 Å². The van der Waals surface area contributed by atoms with E-state index in [1.54, 1.807) is 0 Å². The van der Waals surface area contributed by atoms with Crippen molar-refractivity contribution in [3.8, 4) is 0 Å². The fourth-order valence-electron chi connectivity index (χ4n) is 2.24. The zero-order valence-electron chi connectivity index (χ0n) is 9.77. The molecule has 3 unspecified atom stereocenters. The Labute approximate surface area is 91.2 Å². The first-order valence-electron chi connectivity index (χ1n) is 5.62. The van der Waals surface area contributed by atoms with Crippen LogP contribution in [0.5, 0.6) is 0 Å². The Morgan fingerprint density at radius 2 is 2.33 bits per heavy atom. The highest BCUT2D eigenvalue weighted by Gasteiger charge is 2.29. The second kappa shape index (κ2) is 5.47. The molecule has 0 aromatic heterocycles. The van der Waals surface area contributed by atoms with Crippen molar-refractivity contribution in [3.63, 3.8) is 0 Å². The standard InChI is InChI=1S/C11H21NO3/c1-4-10(11(13)14)12(3)9-5-6-15-8(2)7-9/h8-10H,4-7H2,1-3H3,(H,13,14). The maximum absolute atomic E-state index is 11.0. The van der Waals surface area contributed by atoms with Crippen LogP contribution < -0.4 is 0 Å². The van der Waals surface area contributed by atoms with Crippen LogP contribution in [0.4, 0.5) is 0 Å². The van der Waals surface area contributed by atoms with E-state index < -0.39 is 5.97 Å². The first-order chi connectivity index (χ1) is 7.06. The van der Waals surface area contributed by atoms with Gasteiger partial charge in [0.05, 0.1) is 6.10 Å². The molecule has 0 aromatic rings. The summed E-state index contributed by atoms with van der Waals surface area (Å²) in [4.78, 5) is 13.0. The number of likely N-dealkylation sites (N-methyl/N-ethyl adjacent to an activating group) is 1. The molecule has 1 N–H and O–H groups in total. The van der Waals surface area contributed by atoms with E-state index in [0.717, 1.165) is 19.4 Å². The van der Waals surface area contributed by atoms with Crippen molar-refractivity contribution >= 4 is 5.97 Å². The Morgan fingerprint density at radius 3 is 2.80 bits per heavy atom. The van der Waals surface area contributed by atoms with Crippen LogP contribution in [0, 0.1) is 0 Å². The monoisotopic (exact) mass is 215 g/mol. The average molecular weight is 215 g/mol. The summed E-state index contributed by atoms with van der Waals surface area (Å²) < 4.78 is 5.46. The molecule has 0 radical (unpaired) electrons. The molecule has 4 nitrogen and oxygen atoms in total. The number of carboxylic acid groups (broad SMARTS) is 1. The lowest BCUT2D eigenvalue weighted by Gasteiger charge is -2.37. The summed E-state index contributed by atoms with van der Waals surface area (Å²) in [6, 6.07) is -0.0184. The van der Waals surface area contributed by atoms with Gasteiger partial charge >= 0.3 is 5.97 Å². The quantitative estimate of drug-likeness (QED) is 0.769. The molecular formula is C11H21NO3. The number of aliphatic carboxylic acids is 1.